The van der Waals surface area contributed by atoms with Gasteiger partial charge in [0.1, 0.15) is 11.9 Å². The average molecular weight is 558 g/mol. The molecule has 9 nitrogen and oxygen atoms in total. The van der Waals surface area contributed by atoms with E-state index in [4.69, 9.17) is 10.5 Å². The molecule has 0 amide bonds. The maximum absolute atomic E-state index is 14.1. The second kappa shape index (κ2) is 10.9. The number of nitrogens with two attached hydrogens (primary N) is 1. The summed E-state index contributed by atoms with van der Waals surface area (Å²) in [5.41, 5.74) is 7.79. The predicted molar refractivity (Wildman–Crippen MR) is 142 cm³/mol. The lowest BCUT2D eigenvalue weighted by Gasteiger charge is -2.39. The molecule has 1 aromatic heterocycles. The second-order valence-electron chi connectivity index (χ2n) is 10.4. The van der Waals surface area contributed by atoms with Crippen LogP contribution in [0.4, 0.5) is 24.9 Å². The van der Waals surface area contributed by atoms with Crippen LogP contribution in [0.15, 0.2) is 54.6 Å². The Morgan fingerprint density at radius 3 is 2.48 bits per heavy atom. The molecule has 0 aliphatic carbocycles. The number of ether oxygens (including phenoxy) is 1. The Kier molecular flexibility index (Phi) is 7.56. The molecule has 3 aromatic rings. The molecule has 2 aromatic carbocycles. The first-order valence-electron chi connectivity index (χ1n) is 12.9. The summed E-state index contributed by atoms with van der Waals surface area (Å²) in [5.74, 6) is -1.01. The molecule has 5 N–H and O–H groups in total. The van der Waals surface area contributed by atoms with E-state index in [2.05, 4.69) is 15.3 Å². The number of carboxylic acid groups (broad SMARTS) is 1. The van der Waals surface area contributed by atoms with Crippen LogP contribution >= 0.6 is 0 Å². The Bertz CT molecular complexity index is 1360. The van der Waals surface area contributed by atoms with E-state index in [1.165, 1.54) is 18.2 Å². The fraction of sp³-hybridized carbons (Fsp3) is 0.393. The number of benzene rings is 2. The number of nitrogens with one attached hydrogen (secondary N) is 1. The Morgan fingerprint density at radius 2 is 1.85 bits per heavy atom. The summed E-state index contributed by atoms with van der Waals surface area (Å²) in [5, 5.41) is 21.7. The molecule has 2 saturated heterocycles. The molecule has 2 aliphatic heterocycles. The summed E-state index contributed by atoms with van der Waals surface area (Å²) in [4.78, 5) is 21.4. The van der Waals surface area contributed by atoms with E-state index in [0.717, 1.165) is 5.56 Å². The highest BCUT2D eigenvalue weighted by molar-refractivity contribution is 5.74. The molecule has 0 bridgehead atoms. The molecule has 12 heteroatoms. The van der Waals surface area contributed by atoms with E-state index in [-0.39, 0.29) is 29.4 Å². The first-order valence-corrected chi connectivity index (χ1v) is 12.9. The monoisotopic (exact) mass is 557 g/mol. The molecule has 3 heterocycles. The third kappa shape index (κ3) is 5.97. The zero-order chi connectivity index (χ0) is 28.5. The van der Waals surface area contributed by atoms with Crippen LogP contribution in [0.25, 0.3) is 11.1 Å². The number of piperidine rings is 1. The molecule has 2 fully saturated rings. The minimum absolute atomic E-state index is 0.102. The van der Waals surface area contributed by atoms with Gasteiger partial charge in [0, 0.05) is 31.3 Å². The van der Waals surface area contributed by atoms with Crippen molar-refractivity contribution in [3.05, 3.63) is 65.7 Å². The van der Waals surface area contributed by atoms with Gasteiger partial charge in [-0.3, -0.25) is 4.79 Å². The number of carboxylic acids is 1. The van der Waals surface area contributed by atoms with Crippen molar-refractivity contribution in [1.82, 2.24) is 15.3 Å². The molecule has 2 atom stereocenters. The zero-order valence-corrected chi connectivity index (χ0v) is 21.6. The Morgan fingerprint density at radius 1 is 1.12 bits per heavy atom. The van der Waals surface area contributed by atoms with Gasteiger partial charge in [0.15, 0.2) is 0 Å². The van der Waals surface area contributed by atoms with Crippen LogP contribution in [0.1, 0.15) is 36.5 Å². The maximum Gasteiger partial charge on any atom is 0.429 e. The highest BCUT2D eigenvalue weighted by Crippen LogP contribution is 2.41. The number of aliphatic hydroxyl groups is 1. The molecular formula is C28H30F3N5O4. The molecule has 1 unspecified atom stereocenters. The van der Waals surface area contributed by atoms with Gasteiger partial charge < -0.3 is 30.9 Å². The molecule has 40 heavy (non-hydrogen) atoms. The van der Waals surface area contributed by atoms with Gasteiger partial charge in [0.25, 0.3) is 0 Å². The van der Waals surface area contributed by atoms with Gasteiger partial charge in [-0.25, -0.2) is 0 Å². The number of carbonyl (C=O) groups is 1. The van der Waals surface area contributed by atoms with Crippen LogP contribution in [-0.4, -0.2) is 58.0 Å². The minimum atomic E-state index is -4.73. The number of hydrogen-bond acceptors (Lipinski definition) is 8. The van der Waals surface area contributed by atoms with Gasteiger partial charge >= 0.3 is 12.1 Å². The second-order valence-corrected chi connectivity index (χ2v) is 10.4. The number of halogens is 3. The van der Waals surface area contributed by atoms with E-state index in [1.54, 1.807) is 30.3 Å². The summed E-state index contributed by atoms with van der Waals surface area (Å²) in [7, 11) is 0. The fourth-order valence-corrected chi connectivity index (χ4v) is 5.48. The van der Waals surface area contributed by atoms with E-state index in [9.17, 15) is 28.2 Å². The Balaban J connectivity index is 1.32. The van der Waals surface area contributed by atoms with Crippen molar-refractivity contribution in [2.75, 3.05) is 30.3 Å². The fourth-order valence-electron chi connectivity index (χ4n) is 5.48. The topological polar surface area (TPSA) is 134 Å². The third-order valence-corrected chi connectivity index (χ3v) is 7.71. The first kappa shape index (κ1) is 27.7. The minimum Gasteiger partial charge on any atom is -0.480 e. The predicted octanol–water partition coefficient (Wildman–Crippen LogP) is 3.93. The number of hydrogen-bond donors (Lipinski definition) is 4. The van der Waals surface area contributed by atoms with Gasteiger partial charge in [-0.1, -0.05) is 42.5 Å². The number of nitrogens with zero attached hydrogens (tertiary/aromatic N) is 3. The van der Waals surface area contributed by atoms with Gasteiger partial charge in [-0.2, -0.15) is 23.1 Å². The highest BCUT2D eigenvalue weighted by atomic mass is 19.4. The van der Waals surface area contributed by atoms with Crippen LogP contribution in [0.5, 0.6) is 5.88 Å². The number of aliphatic hydroxyl groups excluding tert-OH is 1. The molecule has 1 spiro atoms. The summed E-state index contributed by atoms with van der Waals surface area (Å²) in [6.07, 6.45) is -5.05. The molecule has 2 aliphatic rings. The lowest BCUT2D eigenvalue weighted by molar-refractivity contribution is -0.198. The molecule has 0 radical (unpaired) electrons. The Labute approximate surface area is 228 Å². The van der Waals surface area contributed by atoms with Gasteiger partial charge in [-0.15, -0.1) is 0 Å². The van der Waals surface area contributed by atoms with Gasteiger partial charge in [0.05, 0.1) is 6.61 Å². The van der Waals surface area contributed by atoms with Crippen molar-refractivity contribution in [3.63, 3.8) is 0 Å². The van der Waals surface area contributed by atoms with Crippen molar-refractivity contribution in [2.24, 2.45) is 5.41 Å². The number of alkyl halides is 3. The van der Waals surface area contributed by atoms with E-state index >= 15 is 0 Å². The van der Waals surface area contributed by atoms with Crippen LogP contribution in [0.2, 0.25) is 0 Å². The van der Waals surface area contributed by atoms with Crippen molar-refractivity contribution in [3.8, 4) is 17.0 Å². The van der Waals surface area contributed by atoms with Crippen molar-refractivity contribution >= 4 is 17.7 Å². The standard InChI is InChI=1S/C28H30F3N5O4/c29-28(30,31)24(19-6-4-18(5-7-19)20-3-1-2-17(12-20)15-37)40-23-13-22(34-26(32)35-23)36-10-8-27(9-11-36)14-21(25(38)39)33-16-27/h1-7,12-13,21,24,33,37H,8-11,14-16H2,(H,38,39)(H2,32,34,35)/t21?,24-/m1/s1. The van der Waals surface area contributed by atoms with Crippen LogP contribution in [0, 0.1) is 5.41 Å². The number of anilines is 2. The molecule has 5 rings (SSSR count). The van der Waals surface area contributed by atoms with E-state index < -0.39 is 24.3 Å². The quantitative estimate of drug-likeness (QED) is 0.341. The van der Waals surface area contributed by atoms with Crippen LogP contribution in [-0.2, 0) is 11.4 Å². The van der Waals surface area contributed by atoms with Crippen molar-refractivity contribution in [1.29, 1.82) is 0 Å². The lowest BCUT2D eigenvalue weighted by atomic mass is 9.76. The van der Waals surface area contributed by atoms with Crippen molar-refractivity contribution in [2.45, 2.75) is 44.2 Å². The molecule has 212 valence electrons. The van der Waals surface area contributed by atoms with Crippen molar-refractivity contribution < 1.29 is 32.9 Å². The summed E-state index contributed by atoms with van der Waals surface area (Å²) in [6, 6.07) is 13.8. The Hall–Kier alpha value is -3.90. The zero-order valence-electron chi connectivity index (χ0n) is 21.6. The normalized spacial score (nSPS) is 19.5. The third-order valence-electron chi connectivity index (χ3n) is 7.71. The SMILES string of the molecule is Nc1nc(O[C@H](c2ccc(-c3cccc(CO)c3)cc2)C(F)(F)F)cc(N2CCC3(CC2)CNC(C(=O)O)C3)n1. The summed E-state index contributed by atoms with van der Waals surface area (Å²) in [6.45, 7) is 1.56. The van der Waals surface area contributed by atoms with Gasteiger partial charge in [-0.05, 0) is 47.4 Å². The number of aromatic nitrogens is 2. The largest absolute Gasteiger partial charge is 0.480 e. The number of nitrogen functional groups attached to an aromatic ring is 1. The lowest BCUT2D eigenvalue weighted by Crippen LogP contribution is -2.41. The number of aliphatic carboxylic acids is 1. The van der Waals surface area contributed by atoms with E-state index in [0.29, 0.717) is 55.8 Å². The highest BCUT2D eigenvalue weighted by Gasteiger charge is 2.45. The number of rotatable bonds is 7. The van der Waals surface area contributed by atoms with Crippen LogP contribution < -0.4 is 20.7 Å². The summed E-state index contributed by atoms with van der Waals surface area (Å²) >= 11 is 0. The molecule has 0 saturated carbocycles. The smallest absolute Gasteiger partial charge is 0.429 e. The average Bonchev–Trinajstić information content (AvgIpc) is 3.35. The summed E-state index contributed by atoms with van der Waals surface area (Å²) < 4.78 is 47.8. The van der Waals surface area contributed by atoms with Crippen LogP contribution in [0.3, 0.4) is 0 Å². The molecular weight excluding hydrogens is 527 g/mol. The van der Waals surface area contributed by atoms with Gasteiger partial charge in [0.2, 0.25) is 17.9 Å². The first-order chi connectivity index (χ1) is 19.0. The maximum atomic E-state index is 14.1. The van der Waals surface area contributed by atoms with E-state index in [1.807, 2.05) is 11.0 Å².